The number of amides is 1. The Morgan fingerprint density at radius 2 is 2.39 bits per heavy atom. The Balaban J connectivity index is 1.82. The van der Waals surface area contributed by atoms with Crippen molar-refractivity contribution < 1.29 is 9.18 Å². The van der Waals surface area contributed by atoms with Crippen LogP contribution in [0.5, 0.6) is 0 Å². The molecule has 0 bridgehead atoms. The van der Waals surface area contributed by atoms with Crippen molar-refractivity contribution in [2.75, 3.05) is 18.4 Å². The van der Waals surface area contributed by atoms with Crippen LogP contribution in [-0.4, -0.2) is 19.0 Å². The summed E-state index contributed by atoms with van der Waals surface area (Å²) >= 11 is 3.18. The third kappa shape index (κ3) is 3.78. The van der Waals surface area contributed by atoms with E-state index in [1.54, 1.807) is 12.1 Å². The molecule has 98 valence electrons. The van der Waals surface area contributed by atoms with E-state index in [1.165, 1.54) is 6.07 Å². The van der Waals surface area contributed by atoms with Gasteiger partial charge in [0.2, 0.25) is 5.91 Å². The van der Waals surface area contributed by atoms with Gasteiger partial charge in [-0.05, 0) is 50.0 Å². The fourth-order valence-corrected chi connectivity index (χ4v) is 2.43. The number of rotatable bonds is 4. The topological polar surface area (TPSA) is 41.1 Å². The summed E-state index contributed by atoms with van der Waals surface area (Å²) in [6.45, 7) is 2.02. The van der Waals surface area contributed by atoms with Gasteiger partial charge in [0.25, 0.3) is 0 Å². The number of hydrogen-bond donors (Lipinski definition) is 2. The van der Waals surface area contributed by atoms with Gasteiger partial charge < -0.3 is 10.6 Å². The first-order valence-corrected chi connectivity index (χ1v) is 6.90. The predicted molar refractivity (Wildman–Crippen MR) is 72.9 cm³/mol. The Labute approximate surface area is 114 Å². The SMILES string of the molecule is O=C(CCC1CCNC1)Nc1ccc(Br)cc1F. The van der Waals surface area contributed by atoms with Crippen molar-refractivity contribution in [2.24, 2.45) is 5.92 Å². The molecular weight excluding hydrogens is 299 g/mol. The van der Waals surface area contributed by atoms with E-state index in [0.717, 1.165) is 25.9 Å². The normalized spacial score (nSPS) is 18.9. The van der Waals surface area contributed by atoms with Crippen LogP contribution in [0.15, 0.2) is 22.7 Å². The molecule has 1 aliphatic heterocycles. The standard InChI is InChI=1S/C13H16BrFN2O/c14-10-2-3-12(11(15)7-10)17-13(18)4-1-9-5-6-16-8-9/h2-3,7,9,16H,1,4-6,8H2,(H,17,18). The third-order valence-electron chi connectivity index (χ3n) is 3.15. The number of carbonyl (C=O) groups is 1. The maximum absolute atomic E-state index is 13.5. The van der Waals surface area contributed by atoms with Gasteiger partial charge in [0.05, 0.1) is 5.69 Å². The molecule has 3 nitrogen and oxygen atoms in total. The lowest BCUT2D eigenvalue weighted by Crippen LogP contribution is -2.15. The number of hydrogen-bond acceptors (Lipinski definition) is 2. The molecule has 1 amide bonds. The second-order valence-corrected chi connectivity index (χ2v) is 5.49. The summed E-state index contributed by atoms with van der Waals surface area (Å²) in [5.41, 5.74) is 0.243. The van der Waals surface area contributed by atoms with Gasteiger partial charge in [-0.15, -0.1) is 0 Å². The van der Waals surface area contributed by atoms with Crippen molar-refractivity contribution in [2.45, 2.75) is 19.3 Å². The molecule has 2 N–H and O–H groups in total. The quantitative estimate of drug-likeness (QED) is 0.897. The number of anilines is 1. The van der Waals surface area contributed by atoms with Crippen LogP contribution in [0.1, 0.15) is 19.3 Å². The maximum Gasteiger partial charge on any atom is 0.224 e. The van der Waals surface area contributed by atoms with Crippen LogP contribution in [0, 0.1) is 11.7 Å². The van der Waals surface area contributed by atoms with Gasteiger partial charge in [0.1, 0.15) is 5.82 Å². The minimum Gasteiger partial charge on any atom is -0.324 e. The second kappa shape index (κ2) is 6.29. The summed E-state index contributed by atoms with van der Waals surface area (Å²) in [6, 6.07) is 4.62. The van der Waals surface area contributed by atoms with E-state index in [2.05, 4.69) is 26.6 Å². The number of nitrogens with one attached hydrogen (secondary N) is 2. The zero-order valence-electron chi connectivity index (χ0n) is 10.0. The summed E-state index contributed by atoms with van der Waals surface area (Å²) in [5.74, 6) is 0.0360. The fraction of sp³-hybridized carbons (Fsp3) is 0.462. The van der Waals surface area contributed by atoms with Crippen LogP contribution in [0.3, 0.4) is 0 Å². The molecule has 1 atom stereocenters. The molecule has 1 aromatic rings. The van der Waals surface area contributed by atoms with Gasteiger partial charge in [-0.1, -0.05) is 15.9 Å². The lowest BCUT2D eigenvalue weighted by Gasteiger charge is -2.09. The van der Waals surface area contributed by atoms with Crippen LogP contribution in [0.2, 0.25) is 0 Å². The van der Waals surface area contributed by atoms with E-state index in [4.69, 9.17) is 0 Å². The molecular formula is C13H16BrFN2O. The van der Waals surface area contributed by atoms with Gasteiger partial charge in [-0.2, -0.15) is 0 Å². The van der Waals surface area contributed by atoms with Crippen LogP contribution in [0.25, 0.3) is 0 Å². The van der Waals surface area contributed by atoms with Gasteiger partial charge >= 0.3 is 0 Å². The first-order chi connectivity index (χ1) is 8.65. The molecule has 0 aliphatic carbocycles. The highest BCUT2D eigenvalue weighted by Gasteiger charge is 2.16. The molecule has 0 spiro atoms. The average Bonchev–Trinajstić information content (AvgIpc) is 2.83. The molecule has 1 unspecified atom stereocenters. The maximum atomic E-state index is 13.5. The first-order valence-electron chi connectivity index (χ1n) is 6.11. The van der Waals surface area contributed by atoms with Crippen LogP contribution in [-0.2, 0) is 4.79 Å². The Morgan fingerprint density at radius 3 is 3.06 bits per heavy atom. The zero-order valence-corrected chi connectivity index (χ0v) is 11.6. The minimum absolute atomic E-state index is 0.122. The van der Waals surface area contributed by atoms with Gasteiger partial charge in [-0.3, -0.25) is 4.79 Å². The molecule has 1 fully saturated rings. The molecule has 5 heteroatoms. The van der Waals surface area contributed by atoms with Crippen molar-refractivity contribution >= 4 is 27.5 Å². The molecule has 0 aromatic heterocycles. The fourth-order valence-electron chi connectivity index (χ4n) is 2.10. The van der Waals surface area contributed by atoms with E-state index in [1.807, 2.05) is 0 Å². The predicted octanol–water partition coefficient (Wildman–Crippen LogP) is 2.92. The summed E-state index contributed by atoms with van der Waals surface area (Å²) in [4.78, 5) is 11.7. The average molecular weight is 315 g/mol. The smallest absolute Gasteiger partial charge is 0.224 e. The molecule has 1 aliphatic rings. The monoisotopic (exact) mass is 314 g/mol. The zero-order chi connectivity index (χ0) is 13.0. The Hall–Kier alpha value is -0.940. The summed E-state index contributed by atoms with van der Waals surface area (Å²) in [6.07, 6.45) is 2.43. The van der Waals surface area contributed by atoms with E-state index >= 15 is 0 Å². The number of halogens is 2. The summed E-state index contributed by atoms with van der Waals surface area (Å²) < 4.78 is 14.2. The number of benzene rings is 1. The lowest BCUT2D eigenvalue weighted by atomic mass is 10.0. The highest BCUT2D eigenvalue weighted by molar-refractivity contribution is 9.10. The van der Waals surface area contributed by atoms with E-state index < -0.39 is 5.82 Å². The second-order valence-electron chi connectivity index (χ2n) is 4.57. The molecule has 2 rings (SSSR count). The summed E-state index contributed by atoms with van der Waals surface area (Å²) in [5, 5.41) is 5.87. The molecule has 1 saturated heterocycles. The highest BCUT2D eigenvalue weighted by atomic mass is 79.9. The van der Waals surface area contributed by atoms with E-state index in [0.29, 0.717) is 16.8 Å². The third-order valence-corrected chi connectivity index (χ3v) is 3.64. The van der Waals surface area contributed by atoms with E-state index in [9.17, 15) is 9.18 Å². The van der Waals surface area contributed by atoms with Crippen molar-refractivity contribution in [3.8, 4) is 0 Å². The number of carbonyl (C=O) groups excluding carboxylic acids is 1. The minimum atomic E-state index is -0.416. The van der Waals surface area contributed by atoms with Crippen molar-refractivity contribution in [1.82, 2.24) is 5.32 Å². The molecule has 0 radical (unpaired) electrons. The van der Waals surface area contributed by atoms with Crippen LogP contribution >= 0.6 is 15.9 Å². The van der Waals surface area contributed by atoms with Gasteiger partial charge in [0, 0.05) is 10.9 Å². The van der Waals surface area contributed by atoms with Gasteiger partial charge in [0.15, 0.2) is 0 Å². The lowest BCUT2D eigenvalue weighted by molar-refractivity contribution is -0.116. The molecule has 1 heterocycles. The molecule has 18 heavy (non-hydrogen) atoms. The first kappa shape index (κ1) is 13.5. The molecule has 1 aromatic carbocycles. The van der Waals surface area contributed by atoms with Crippen LogP contribution < -0.4 is 10.6 Å². The van der Waals surface area contributed by atoms with Crippen molar-refractivity contribution in [1.29, 1.82) is 0 Å². The highest BCUT2D eigenvalue weighted by Crippen LogP contribution is 2.20. The van der Waals surface area contributed by atoms with Crippen molar-refractivity contribution in [3.05, 3.63) is 28.5 Å². The van der Waals surface area contributed by atoms with Crippen LogP contribution in [0.4, 0.5) is 10.1 Å². The van der Waals surface area contributed by atoms with Gasteiger partial charge in [-0.25, -0.2) is 4.39 Å². The largest absolute Gasteiger partial charge is 0.324 e. The Bertz CT molecular complexity index is 433. The molecule has 0 saturated carbocycles. The summed E-state index contributed by atoms with van der Waals surface area (Å²) in [7, 11) is 0. The van der Waals surface area contributed by atoms with Crippen molar-refractivity contribution in [3.63, 3.8) is 0 Å². The Morgan fingerprint density at radius 1 is 1.56 bits per heavy atom. The van der Waals surface area contributed by atoms with E-state index in [-0.39, 0.29) is 11.6 Å². The Kier molecular flexibility index (Phi) is 4.72.